The lowest BCUT2D eigenvalue weighted by molar-refractivity contribution is -0.123. The summed E-state index contributed by atoms with van der Waals surface area (Å²) >= 11 is 12.1. The third-order valence-electron chi connectivity index (χ3n) is 3.55. The largest absolute Gasteiger partial charge is 0.449 e. The van der Waals surface area contributed by atoms with Gasteiger partial charge in [-0.05, 0) is 38.0 Å². The molecule has 1 aromatic carbocycles. The molecule has 6 nitrogen and oxygen atoms in total. The number of nitrogens with zero attached hydrogens (tertiary/aromatic N) is 2. The second-order valence-corrected chi connectivity index (χ2v) is 7.17. The Bertz CT molecular complexity index is 818. The van der Waals surface area contributed by atoms with E-state index in [2.05, 4.69) is 10.4 Å². The van der Waals surface area contributed by atoms with Gasteiger partial charge in [-0.15, -0.1) is 0 Å². The van der Waals surface area contributed by atoms with Crippen molar-refractivity contribution in [3.8, 4) is 0 Å². The lowest BCUT2D eigenvalue weighted by Crippen LogP contribution is -2.30. The maximum atomic E-state index is 12.4. The van der Waals surface area contributed by atoms with Gasteiger partial charge in [-0.25, -0.2) is 4.79 Å². The molecule has 0 fully saturated rings. The molecule has 1 heterocycles. The molecule has 1 aromatic heterocycles. The molecule has 2 aromatic rings. The molecule has 2 rings (SSSR count). The number of carbonyl (C=O) groups excluding carboxylic acids is 2. The Balaban J connectivity index is 2.07. The highest BCUT2D eigenvalue weighted by molar-refractivity contribution is 6.32. The molecule has 1 atom stereocenters. The second kappa shape index (κ2) is 8.56. The summed E-state index contributed by atoms with van der Waals surface area (Å²) in [5.74, 6) is -0.835. The van der Waals surface area contributed by atoms with Gasteiger partial charge in [0.2, 0.25) is 0 Å². The van der Waals surface area contributed by atoms with Gasteiger partial charge in [0, 0.05) is 17.3 Å². The SMILES string of the molecule is Cc1nn(CC(C)C)c(Cl)c1C(=O)O[C@@H](C)C(=O)Nc1cccc(Cl)c1. The number of carbonyl (C=O) groups is 2. The number of hydrogen-bond acceptors (Lipinski definition) is 4. The number of esters is 1. The van der Waals surface area contributed by atoms with Gasteiger partial charge in [0.05, 0.1) is 5.69 Å². The topological polar surface area (TPSA) is 73.2 Å². The van der Waals surface area contributed by atoms with Gasteiger partial charge in [-0.2, -0.15) is 5.10 Å². The maximum absolute atomic E-state index is 12.4. The van der Waals surface area contributed by atoms with Crippen LogP contribution >= 0.6 is 23.2 Å². The van der Waals surface area contributed by atoms with Crippen molar-refractivity contribution in [2.24, 2.45) is 5.92 Å². The Morgan fingerprint density at radius 1 is 1.27 bits per heavy atom. The molecule has 1 amide bonds. The van der Waals surface area contributed by atoms with Gasteiger partial charge in [0.1, 0.15) is 10.7 Å². The molecule has 26 heavy (non-hydrogen) atoms. The zero-order chi connectivity index (χ0) is 19.4. The van der Waals surface area contributed by atoms with Crippen molar-refractivity contribution >= 4 is 40.8 Å². The van der Waals surface area contributed by atoms with Crippen molar-refractivity contribution in [3.63, 3.8) is 0 Å². The van der Waals surface area contributed by atoms with Crippen molar-refractivity contribution in [2.45, 2.75) is 40.3 Å². The highest BCUT2D eigenvalue weighted by Crippen LogP contribution is 2.22. The fraction of sp³-hybridized carbons (Fsp3) is 0.389. The summed E-state index contributed by atoms with van der Waals surface area (Å²) < 4.78 is 6.82. The van der Waals surface area contributed by atoms with Gasteiger partial charge in [0.15, 0.2) is 6.10 Å². The van der Waals surface area contributed by atoms with Crippen LogP contribution in [0.5, 0.6) is 0 Å². The van der Waals surface area contributed by atoms with Crippen molar-refractivity contribution in [2.75, 3.05) is 5.32 Å². The van der Waals surface area contributed by atoms with E-state index in [1.54, 1.807) is 35.9 Å². The van der Waals surface area contributed by atoms with Crippen LogP contribution in [-0.2, 0) is 16.1 Å². The first kappa shape index (κ1) is 20.3. The number of aryl methyl sites for hydroxylation is 1. The zero-order valence-corrected chi connectivity index (χ0v) is 16.6. The molecular weight excluding hydrogens is 377 g/mol. The fourth-order valence-corrected chi connectivity index (χ4v) is 2.85. The molecule has 0 saturated heterocycles. The van der Waals surface area contributed by atoms with E-state index in [0.717, 1.165) is 0 Å². The van der Waals surface area contributed by atoms with E-state index in [0.29, 0.717) is 28.9 Å². The Hall–Kier alpha value is -2.05. The average molecular weight is 398 g/mol. The van der Waals surface area contributed by atoms with Crippen LogP contribution in [-0.4, -0.2) is 27.8 Å². The van der Waals surface area contributed by atoms with Crippen LogP contribution in [0.25, 0.3) is 0 Å². The van der Waals surface area contributed by atoms with Crippen molar-refractivity contribution in [3.05, 3.63) is 45.7 Å². The Morgan fingerprint density at radius 2 is 1.96 bits per heavy atom. The number of anilines is 1. The van der Waals surface area contributed by atoms with E-state index < -0.39 is 18.0 Å². The summed E-state index contributed by atoms with van der Waals surface area (Å²) in [5.41, 5.74) is 1.15. The summed E-state index contributed by atoms with van der Waals surface area (Å²) in [5, 5.41) is 7.62. The van der Waals surface area contributed by atoms with Gasteiger partial charge in [-0.3, -0.25) is 9.48 Å². The molecular formula is C18H21Cl2N3O3. The molecule has 140 valence electrons. The molecule has 8 heteroatoms. The molecule has 0 aliphatic rings. The summed E-state index contributed by atoms with van der Waals surface area (Å²) in [6.45, 7) is 7.79. The second-order valence-electron chi connectivity index (χ2n) is 6.37. The monoisotopic (exact) mass is 397 g/mol. The van der Waals surface area contributed by atoms with Crippen LogP contribution < -0.4 is 5.32 Å². The number of benzene rings is 1. The van der Waals surface area contributed by atoms with Crippen LogP contribution in [0, 0.1) is 12.8 Å². The molecule has 0 aliphatic carbocycles. The number of nitrogens with one attached hydrogen (secondary N) is 1. The summed E-state index contributed by atoms with van der Waals surface area (Å²) in [4.78, 5) is 24.7. The van der Waals surface area contributed by atoms with Crippen LogP contribution in [0.4, 0.5) is 5.69 Å². The lowest BCUT2D eigenvalue weighted by Gasteiger charge is -2.13. The fourth-order valence-electron chi connectivity index (χ4n) is 2.34. The Morgan fingerprint density at radius 3 is 2.58 bits per heavy atom. The molecule has 0 unspecified atom stereocenters. The lowest BCUT2D eigenvalue weighted by atomic mass is 10.2. The molecule has 0 aliphatic heterocycles. The summed E-state index contributed by atoms with van der Waals surface area (Å²) in [6.07, 6.45) is -1.01. The molecule has 0 radical (unpaired) electrons. The van der Waals surface area contributed by atoms with Gasteiger partial charge < -0.3 is 10.1 Å². The minimum absolute atomic E-state index is 0.176. The predicted octanol–water partition coefficient (Wildman–Crippen LogP) is 4.34. The highest BCUT2D eigenvalue weighted by atomic mass is 35.5. The molecule has 1 N–H and O–H groups in total. The minimum Gasteiger partial charge on any atom is -0.449 e. The number of amides is 1. The van der Waals surface area contributed by atoms with E-state index in [1.165, 1.54) is 6.92 Å². The van der Waals surface area contributed by atoms with Gasteiger partial charge in [0.25, 0.3) is 5.91 Å². The average Bonchev–Trinajstić information content (AvgIpc) is 2.80. The van der Waals surface area contributed by atoms with Crippen molar-refractivity contribution < 1.29 is 14.3 Å². The minimum atomic E-state index is -1.01. The number of halogens is 2. The van der Waals surface area contributed by atoms with Gasteiger partial charge in [-0.1, -0.05) is 43.1 Å². The third-order valence-corrected chi connectivity index (χ3v) is 4.17. The third kappa shape index (κ3) is 4.99. The number of aromatic nitrogens is 2. The van der Waals surface area contributed by atoms with E-state index in [1.807, 2.05) is 13.8 Å². The summed E-state index contributed by atoms with van der Waals surface area (Å²) in [7, 11) is 0. The van der Waals surface area contributed by atoms with Crippen LogP contribution in [0.1, 0.15) is 36.8 Å². The first-order chi connectivity index (χ1) is 12.2. The number of ether oxygens (including phenoxy) is 1. The van der Waals surface area contributed by atoms with Crippen LogP contribution in [0.3, 0.4) is 0 Å². The van der Waals surface area contributed by atoms with E-state index in [9.17, 15) is 9.59 Å². The predicted molar refractivity (Wildman–Crippen MR) is 102 cm³/mol. The van der Waals surface area contributed by atoms with Gasteiger partial charge >= 0.3 is 5.97 Å². The number of rotatable bonds is 6. The first-order valence-corrected chi connectivity index (χ1v) is 8.95. The van der Waals surface area contributed by atoms with E-state index >= 15 is 0 Å². The van der Waals surface area contributed by atoms with E-state index in [4.69, 9.17) is 27.9 Å². The molecule has 0 bridgehead atoms. The highest BCUT2D eigenvalue weighted by Gasteiger charge is 2.26. The van der Waals surface area contributed by atoms with Crippen molar-refractivity contribution in [1.29, 1.82) is 0 Å². The Labute approximate surface area is 162 Å². The quantitative estimate of drug-likeness (QED) is 0.735. The maximum Gasteiger partial charge on any atom is 0.343 e. The normalized spacial score (nSPS) is 12.1. The van der Waals surface area contributed by atoms with Crippen molar-refractivity contribution in [1.82, 2.24) is 9.78 Å². The smallest absolute Gasteiger partial charge is 0.343 e. The Kier molecular flexibility index (Phi) is 6.67. The van der Waals surface area contributed by atoms with E-state index in [-0.39, 0.29) is 10.7 Å². The standard InChI is InChI=1S/C18H21Cl2N3O3/c1-10(2)9-23-16(20)15(11(3)22-23)18(25)26-12(4)17(24)21-14-7-5-6-13(19)8-14/h5-8,10,12H,9H2,1-4H3,(H,21,24)/t12-/m0/s1. The molecule has 0 saturated carbocycles. The number of hydrogen-bond donors (Lipinski definition) is 1. The molecule has 0 spiro atoms. The van der Waals surface area contributed by atoms with Crippen LogP contribution in [0.15, 0.2) is 24.3 Å². The van der Waals surface area contributed by atoms with Crippen LogP contribution in [0.2, 0.25) is 10.2 Å². The first-order valence-electron chi connectivity index (χ1n) is 8.19. The zero-order valence-electron chi connectivity index (χ0n) is 15.0. The summed E-state index contributed by atoms with van der Waals surface area (Å²) in [6, 6.07) is 6.70.